The molecule has 0 aliphatic carbocycles. The molecule has 0 fully saturated rings. The molecule has 0 aliphatic heterocycles. The number of rotatable bonds is 5. The minimum atomic E-state index is -0.659. The Labute approximate surface area is 153 Å². The van der Waals surface area contributed by atoms with E-state index in [9.17, 15) is 19.2 Å². The lowest BCUT2D eigenvalue weighted by atomic mass is 10.2. The van der Waals surface area contributed by atoms with E-state index in [1.807, 2.05) is 0 Å². The molecule has 0 radical (unpaired) electrons. The summed E-state index contributed by atoms with van der Waals surface area (Å²) in [5.41, 5.74) is -1.87. The largest absolute Gasteiger partial charge is 0.444 e. The van der Waals surface area contributed by atoms with Crippen molar-refractivity contribution in [2.24, 2.45) is 0 Å². The predicted octanol–water partition coefficient (Wildman–Crippen LogP) is 1.38. The van der Waals surface area contributed by atoms with Crippen LogP contribution in [-0.4, -0.2) is 33.3 Å². The molecule has 1 aromatic heterocycles. The van der Waals surface area contributed by atoms with Crippen molar-refractivity contribution in [3.05, 3.63) is 31.5 Å². The second-order valence-electron chi connectivity index (χ2n) is 6.40. The highest BCUT2D eigenvalue weighted by Crippen LogP contribution is 2.07. The van der Waals surface area contributed by atoms with Crippen molar-refractivity contribution in [1.29, 1.82) is 0 Å². The van der Waals surface area contributed by atoms with Gasteiger partial charge in [-0.2, -0.15) is 0 Å². The lowest BCUT2D eigenvalue weighted by molar-refractivity contribution is -0.144. The lowest BCUT2D eigenvalue weighted by Crippen LogP contribution is -2.45. The molecule has 0 saturated heterocycles. The van der Waals surface area contributed by atoms with Gasteiger partial charge in [0.05, 0.1) is 10.5 Å². The van der Waals surface area contributed by atoms with Gasteiger partial charge in [0.15, 0.2) is 6.73 Å². The quantitative estimate of drug-likeness (QED) is 0.721. The number of esters is 1. The summed E-state index contributed by atoms with van der Waals surface area (Å²) >= 11 is 3.08. The smallest absolute Gasteiger partial charge is 0.407 e. The van der Waals surface area contributed by atoms with Crippen LogP contribution in [0.15, 0.2) is 20.3 Å². The summed E-state index contributed by atoms with van der Waals surface area (Å²) in [5, 5.41) is 2.51. The Morgan fingerprint density at radius 2 is 1.92 bits per heavy atom. The van der Waals surface area contributed by atoms with Gasteiger partial charge in [-0.3, -0.25) is 18.7 Å². The van der Waals surface area contributed by atoms with Crippen LogP contribution < -0.4 is 16.6 Å². The van der Waals surface area contributed by atoms with Crippen molar-refractivity contribution in [3.8, 4) is 0 Å². The van der Waals surface area contributed by atoms with Gasteiger partial charge >= 0.3 is 17.8 Å². The van der Waals surface area contributed by atoms with Gasteiger partial charge in [0.25, 0.3) is 5.56 Å². The highest BCUT2D eigenvalue weighted by molar-refractivity contribution is 9.10. The third-order valence-corrected chi connectivity index (χ3v) is 3.48. The molecule has 0 aromatic carbocycles. The van der Waals surface area contributed by atoms with Crippen molar-refractivity contribution in [1.82, 2.24) is 14.5 Å². The third kappa shape index (κ3) is 6.37. The number of alkyl carbamates (subject to hydrolysis) is 1. The number of ether oxygens (including phenoxy) is 2. The monoisotopic (exact) mass is 419 g/mol. The Kier molecular flexibility index (Phi) is 6.97. The van der Waals surface area contributed by atoms with Crippen LogP contribution in [0.3, 0.4) is 0 Å². The molecule has 0 saturated carbocycles. The fraction of sp³-hybridized carbons (Fsp3) is 0.600. The van der Waals surface area contributed by atoms with Crippen LogP contribution in [0.4, 0.5) is 4.79 Å². The van der Waals surface area contributed by atoms with Gasteiger partial charge < -0.3 is 14.8 Å². The maximum atomic E-state index is 12.4. The Hall–Kier alpha value is -2.10. The normalized spacial score (nSPS) is 12.4. The van der Waals surface area contributed by atoms with Gasteiger partial charge in [-0.05, 0) is 43.6 Å². The average molecular weight is 420 g/mol. The molecule has 0 aliphatic rings. The zero-order valence-corrected chi connectivity index (χ0v) is 16.4. The first-order chi connectivity index (χ1) is 11.4. The lowest BCUT2D eigenvalue weighted by Gasteiger charge is -2.21. The molecule has 9 nitrogen and oxygen atoms in total. The predicted molar refractivity (Wildman–Crippen MR) is 93.4 cm³/mol. The molecular formula is C15H22BrN3O6. The number of aromatic nitrogens is 2. The molecule has 1 rings (SSSR count). The molecular weight excluding hydrogens is 398 g/mol. The summed E-state index contributed by atoms with van der Waals surface area (Å²) in [6.07, 6.45) is 0.598. The Morgan fingerprint density at radius 3 is 2.44 bits per heavy atom. The number of hydrogen-bond donors (Lipinski definition) is 1. The topological polar surface area (TPSA) is 109 Å². The van der Waals surface area contributed by atoms with E-state index < -0.39 is 35.0 Å². The van der Waals surface area contributed by atoms with Crippen LogP contribution in [0.5, 0.6) is 0 Å². The first-order valence-corrected chi connectivity index (χ1v) is 8.33. The number of nitrogens with zero attached hydrogens (tertiary/aromatic N) is 2. The van der Waals surface area contributed by atoms with E-state index >= 15 is 0 Å². The molecule has 1 heterocycles. The maximum Gasteiger partial charge on any atom is 0.407 e. The zero-order chi connectivity index (χ0) is 19.4. The van der Waals surface area contributed by atoms with Crippen LogP contribution in [0.1, 0.15) is 40.7 Å². The van der Waals surface area contributed by atoms with Gasteiger partial charge in [-0.15, -0.1) is 0 Å². The Balaban J connectivity index is 2.99. The van der Waals surface area contributed by atoms with E-state index in [0.717, 1.165) is 9.13 Å². The van der Waals surface area contributed by atoms with Crippen molar-refractivity contribution < 1.29 is 19.1 Å². The average Bonchev–Trinajstić information content (AvgIpc) is 2.46. The van der Waals surface area contributed by atoms with E-state index in [-0.39, 0.29) is 17.7 Å². The summed E-state index contributed by atoms with van der Waals surface area (Å²) in [5.74, 6) is -0.555. The minimum Gasteiger partial charge on any atom is -0.444 e. The molecule has 1 amide bonds. The summed E-state index contributed by atoms with van der Waals surface area (Å²) in [6.45, 7) is 7.67. The van der Waals surface area contributed by atoms with Crippen molar-refractivity contribution >= 4 is 28.0 Å². The van der Waals surface area contributed by atoms with Gasteiger partial charge in [-0.25, -0.2) is 9.59 Å². The molecule has 25 heavy (non-hydrogen) atoms. The number of halogens is 1. The molecule has 0 bridgehead atoms. The summed E-state index contributed by atoms with van der Waals surface area (Å²) < 4.78 is 12.1. The maximum absolute atomic E-state index is 12.4. The molecule has 1 aromatic rings. The van der Waals surface area contributed by atoms with Crippen molar-refractivity contribution in [3.63, 3.8) is 0 Å². The summed E-state index contributed by atoms with van der Waals surface area (Å²) in [4.78, 5) is 47.3. The minimum absolute atomic E-state index is 0.00801. The molecule has 10 heteroatoms. The molecule has 0 unspecified atom stereocenters. The van der Waals surface area contributed by atoms with Crippen molar-refractivity contribution in [2.75, 3.05) is 6.54 Å². The molecule has 1 atom stereocenters. The zero-order valence-electron chi connectivity index (χ0n) is 14.8. The van der Waals surface area contributed by atoms with E-state index in [0.29, 0.717) is 0 Å². The van der Waals surface area contributed by atoms with Crippen LogP contribution in [0.2, 0.25) is 0 Å². The van der Waals surface area contributed by atoms with Gasteiger partial charge in [-0.1, -0.05) is 0 Å². The first-order valence-electron chi connectivity index (χ1n) is 7.54. The van der Waals surface area contributed by atoms with E-state index in [2.05, 4.69) is 21.2 Å². The van der Waals surface area contributed by atoms with Crippen LogP contribution in [0.25, 0.3) is 0 Å². The second-order valence-corrected chi connectivity index (χ2v) is 7.26. The number of nitrogens with one attached hydrogen (secondary N) is 1. The molecule has 1 N–H and O–H groups in total. The van der Waals surface area contributed by atoms with Crippen LogP contribution in [-0.2, 0) is 21.0 Å². The summed E-state index contributed by atoms with van der Waals surface area (Å²) in [7, 11) is 0. The number of carbonyl (C=O) groups is 2. The van der Waals surface area contributed by atoms with E-state index in [1.165, 1.54) is 13.1 Å². The third-order valence-electron chi connectivity index (χ3n) is 2.93. The van der Waals surface area contributed by atoms with E-state index in [4.69, 9.17) is 9.47 Å². The highest BCUT2D eigenvalue weighted by Gasteiger charge is 2.19. The molecule has 0 spiro atoms. The Morgan fingerprint density at radius 1 is 1.32 bits per heavy atom. The highest BCUT2D eigenvalue weighted by atomic mass is 79.9. The number of hydrogen-bond acceptors (Lipinski definition) is 6. The second kappa shape index (κ2) is 8.32. The SMILES string of the molecule is CC(=O)OCn1cc(Br)c(=O)n([C@@H](C)CNC(=O)OC(C)(C)C)c1=O. The standard InChI is InChI=1S/C15H22BrN3O6/c1-9(6-17-13(22)25-15(3,4)5)19-12(21)11(16)7-18(14(19)23)8-24-10(2)20/h7,9H,6,8H2,1-5H3,(H,17,22)/t9-/m0/s1. The fourth-order valence-electron chi connectivity index (χ4n) is 1.87. The van der Waals surface area contributed by atoms with Crippen LogP contribution >= 0.6 is 15.9 Å². The first kappa shape index (κ1) is 20.9. The van der Waals surface area contributed by atoms with Gasteiger partial charge in [0.1, 0.15) is 5.60 Å². The Bertz CT molecular complexity index is 762. The number of carbonyl (C=O) groups excluding carboxylic acids is 2. The van der Waals surface area contributed by atoms with Crippen molar-refractivity contribution in [2.45, 2.75) is 53.0 Å². The number of amides is 1. The van der Waals surface area contributed by atoms with Crippen LogP contribution in [0, 0.1) is 0 Å². The van der Waals surface area contributed by atoms with Gasteiger partial charge in [0, 0.05) is 19.7 Å². The molecule has 140 valence electrons. The van der Waals surface area contributed by atoms with Gasteiger partial charge in [0.2, 0.25) is 0 Å². The van der Waals surface area contributed by atoms with E-state index in [1.54, 1.807) is 27.7 Å². The summed E-state index contributed by atoms with van der Waals surface area (Å²) in [6, 6.07) is -0.645. The fourth-order valence-corrected chi connectivity index (χ4v) is 2.30.